The van der Waals surface area contributed by atoms with Crippen molar-refractivity contribution in [3.63, 3.8) is 0 Å². The smallest absolute Gasteiger partial charge is 0.241 e. The number of anilines is 1. The Balaban J connectivity index is 1.49. The van der Waals surface area contributed by atoms with E-state index in [1.165, 1.54) is 5.69 Å². The highest BCUT2D eigenvalue weighted by Gasteiger charge is 2.29. The molecule has 1 fully saturated rings. The van der Waals surface area contributed by atoms with Gasteiger partial charge >= 0.3 is 0 Å². The molecule has 32 heavy (non-hydrogen) atoms. The molecule has 0 bridgehead atoms. The van der Waals surface area contributed by atoms with Gasteiger partial charge in [-0.25, -0.2) is 13.1 Å². The number of aryl methyl sites for hydroxylation is 3. The van der Waals surface area contributed by atoms with E-state index in [2.05, 4.69) is 38.8 Å². The summed E-state index contributed by atoms with van der Waals surface area (Å²) in [6, 6.07) is 17.8. The van der Waals surface area contributed by atoms with Crippen LogP contribution in [0.3, 0.4) is 0 Å². The average molecular weight is 454 g/mol. The van der Waals surface area contributed by atoms with Crippen LogP contribution in [-0.4, -0.2) is 46.0 Å². The van der Waals surface area contributed by atoms with Crippen molar-refractivity contribution in [3.8, 4) is 0 Å². The van der Waals surface area contributed by atoms with Gasteiger partial charge in [0.1, 0.15) is 5.76 Å². The molecule has 0 spiro atoms. The molecule has 0 unspecified atom stereocenters. The number of sulfonamides is 1. The second kappa shape index (κ2) is 9.48. The van der Waals surface area contributed by atoms with Crippen LogP contribution in [0.2, 0.25) is 0 Å². The molecule has 1 N–H and O–H groups in total. The van der Waals surface area contributed by atoms with Crippen molar-refractivity contribution >= 4 is 15.7 Å². The average Bonchev–Trinajstić information content (AvgIpc) is 3.28. The Hall–Kier alpha value is -2.61. The van der Waals surface area contributed by atoms with Crippen molar-refractivity contribution in [3.05, 3.63) is 83.3 Å². The first-order chi connectivity index (χ1) is 15.3. The van der Waals surface area contributed by atoms with Gasteiger partial charge in [0.2, 0.25) is 10.0 Å². The van der Waals surface area contributed by atoms with E-state index in [-0.39, 0.29) is 12.6 Å². The maximum atomic E-state index is 13.2. The third-order valence-electron chi connectivity index (χ3n) is 6.09. The molecule has 1 aliphatic rings. The van der Waals surface area contributed by atoms with E-state index in [0.717, 1.165) is 48.6 Å². The number of hydrogen-bond acceptors (Lipinski definition) is 5. The summed E-state index contributed by atoms with van der Waals surface area (Å²) in [7, 11) is -3.65. The summed E-state index contributed by atoms with van der Waals surface area (Å²) in [6.07, 6.45) is 1.64. The highest BCUT2D eigenvalue weighted by Crippen LogP contribution is 2.26. The summed E-state index contributed by atoms with van der Waals surface area (Å²) in [4.78, 5) is 5.03. The van der Waals surface area contributed by atoms with Gasteiger partial charge in [0.25, 0.3) is 0 Å². The normalized spacial score (nSPS) is 16.3. The standard InChI is InChI=1S/C25H31N3O3S/c1-19-16-20(2)25(21(3)17-19)32(29,30)26-18-23(24-10-7-15-31-24)28-13-11-27(12-14-28)22-8-5-4-6-9-22/h4-10,15-17,23,26H,11-14,18H2,1-3H3/t23-/m0/s1. The number of piperazine rings is 1. The summed E-state index contributed by atoms with van der Waals surface area (Å²) < 4.78 is 35.0. The molecule has 3 aromatic rings. The van der Waals surface area contributed by atoms with E-state index in [1.807, 2.05) is 51.1 Å². The Kier molecular flexibility index (Phi) is 6.69. The van der Waals surface area contributed by atoms with Gasteiger partial charge in [-0.2, -0.15) is 0 Å². The number of hydrogen-bond donors (Lipinski definition) is 1. The first-order valence-electron chi connectivity index (χ1n) is 11.0. The maximum Gasteiger partial charge on any atom is 0.241 e. The molecule has 4 rings (SSSR count). The molecule has 0 aliphatic carbocycles. The van der Waals surface area contributed by atoms with Crippen LogP contribution in [0.4, 0.5) is 5.69 Å². The number of benzene rings is 2. The van der Waals surface area contributed by atoms with Crippen LogP contribution in [0.15, 0.2) is 70.2 Å². The number of furan rings is 1. The quantitative estimate of drug-likeness (QED) is 0.585. The molecule has 6 nitrogen and oxygen atoms in total. The molecule has 7 heteroatoms. The second-order valence-corrected chi connectivity index (χ2v) is 10.2. The number of para-hydroxylation sites is 1. The van der Waals surface area contributed by atoms with Crippen LogP contribution in [0.1, 0.15) is 28.5 Å². The SMILES string of the molecule is Cc1cc(C)c(S(=O)(=O)NC[C@@H](c2ccco2)N2CCN(c3ccccc3)CC2)c(C)c1. The fourth-order valence-corrected chi connectivity index (χ4v) is 6.16. The van der Waals surface area contributed by atoms with Crippen LogP contribution in [0.5, 0.6) is 0 Å². The van der Waals surface area contributed by atoms with Crippen LogP contribution in [-0.2, 0) is 10.0 Å². The van der Waals surface area contributed by atoms with E-state index in [4.69, 9.17) is 4.42 Å². The van der Waals surface area contributed by atoms with Gasteiger partial charge in [0, 0.05) is 38.4 Å². The fourth-order valence-electron chi connectivity index (χ4n) is 4.67. The molecule has 0 saturated carbocycles. The van der Waals surface area contributed by atoms with Gasteiger partial charge < -0.3 is 9.32 Å². The van der Waals surface area contributed by atoms with E-state index < -0.39 is 10.0 Å². The summed E-state index contributed by atoms with van der Waals surface area (Å²) in [5.74, 6) is 0.776. The summed E-state index contributed by atoms with van der Waals surface area (Å²) >= 11 is 0. The molecule has 2 heterocycles. The Bertz CT molecular complexity index is 1110. The molecule has 1 atom stereocenters. The van der Waals surface area contributed by atoms with Crippen molar-refractivity contribution in [1.82, 2.24) is 9.62 Å². The van der Waals surface area contributed by atoms with E-state index in [9.17, 15) is 8.42 Å². The van der Waals surface area contributed by atoms with Crippen LogP contribution in [0.25, 0.3) is 0 Å². The lowest BCUT2D eigenvalue weighted by atomic mass is 10.1. The minimum atomic E-state index is -3.65. The van der Waals surface area contributed by atoms with Crippen molar-refractivity contribution in [1.29, 1.82) is 0 Å². The van der Waals surface area contributed by atoms with Gasteiger partial charge in [0.05, 0.1) is 17.2 Å². The first kappa shape index (κ1) is 22.6. The van der Waals surface area contributed by atoms with Gasteiger partial charge in [-0.05, 0) is 56.2 Å². The Morgan fingerprint density at radius 3 is 2.19 bits per heavy atom. The molecule has 170 valence electrons. The van der Waals surface area contributed by atoms with Crippen molar-refractivity contribution < 1.29 is 12.8 Å². The highest BCUT2D eigenvalue weighted by molar-refractivity contribution is 7.89. The van der Waals surface area contributed by atoms with Crippen molar-refractivity contribution in [2.45, 2.75) is 31.7 Å². The number of rotatable bonds is 7. The summed E-state index contributed by atoms with van der Waals surface area (Å²) in [6.45, 7) is 9.34. The topological polar surface area (TPSA) is 65.8 Å². The Morgan fingerprint density at radius 2 is 1.59 bits per heavy atom. The molecule has 0 radical (unpaired) electrons. The Labute approximate surface area is 190 Å². The largest absolute Gasteiger partial charge is 0.468 e. The van der Waals surface area contributed by atoms with E-state index in [0.29, 0.717) is 4.90 Å². The van der Waals surface area contributed by atoms with E-state index >= 15 is 0 Å². The molecule has 1 aliphatic heterocycles. The predicted molar refractivity (Wildman–Crippen MR) is 128 cm³/mol. The van der Waals surface area contributed by atoms with Crippen molar-refractivity contribution in [2.75, 3.05) is 37.6 Å². The molecule has 0 amide bonds. The molecular weight excluding hydrogens is 422 g/mol. The molecule has 1 saturated heterocycles. The van der Waals surface area contributed by atoms with Crippen LogP contribution < -0.4 is 9.62 Å². The zero-order valence-corrected chi connectivity index (χ0v) is 19.7. The summed E-state index contributed by atoms with van der Waals surface area (Å²) in [5, 5.41) is 0. The first-order valence-corrected chi connectivity index (χ1v) is 12.5. The van der Waals surface area contributed by atoms with Crippen molar-refractivity contribution in [2.24, 2.45) is 0 Å². The predicted octanol–water partition coefficient (Wildman–Crippen LogP) is 4.05. The fraction of sp³-hybridized carbons (Fsp3) is 0.360. The highest BCUT2D eigenvalue weighted by atomic mass is 32.2. The van der Waals surface area contributed by atoms with E-state index in [1.54, 1.807) is 6.26 Å². The second-order valence-electron chi connectivity index (χ2n) is 8.47. The van der Waals surface area contributed by atoms with Crippen LogP contribution in [0, 0.1) is 20.8 Å². The minimum Gasteiger partial charge on any atom is -0.468 e. The maximum absolute atomic E-state index is 13.2. The third kappa shape index (κ3) is 4.90. The van der Waals surface area contributed by atoms with Gasteiger partial charge in [0.15, 0.2) is 0 Å². The lowest BCUT2D eigenvalue weighted by Gasteiger charge is -2.39. The minimum absolute atomic E-state index is 0.163. The monoisotopic (exact) mass is 453 g/mol. The van der Waals surface area contributed by atoms with Crippen LogP contribution >= 0.6 is 0 Å². The lowest BCUT2D eigenvalue weighted by Crippen LogP contribution is -2.49. The summed E-state index contributed by atoms with van der Waals surface area (Å²) in [5.41, 5.74) is 3.80. The molecular formula is C25H31N3O3S. The van der Waals surface area contributed by atoms with Gasteiger partial charge in [-0.15, -0.1) is 0 Å². The third-order valence-corrected chi connectivity index (χ3v) is 7.82. The molecule has 1 aromatic heterocycles. The zero-order chi connectivity index (χ0) is 22.7. The Morgan fingerprint density at radius 1 is 0.938 bits per heavy atom. The van der Waals surface area contributed by atoms with Gasteiger partial charge in [-0.3, -0.25) is 4.90 Å². The lowest BCUT2D eigenvalue weighted by molar-refractivity contribution is 0.166. The van der Waals surface area contributed by atoms with Gasteiger partial charge in [-0.1, -0.05) is 35.9 Å². The molecule has 2 aromatic carbocycles. The number of nitrogens with one attached hydrogen (secondary N) is 1. The zero-order valence-electron chi connectivity index (χ0n) is 18.9. The number of nitrogens with zero attached hydrogens (tertiary/aromatic N) is 2.